The van der Waals surface area contributed by atoms with Crippen molar-refractivity contribution in [1.29, 1.82) is 0 Å². The van der Waals surface area contributed by atoms with E-state index in [0.29, 0.717) is 0 Å². The third-order valence-electron chi connectivity index (χ3n) is 27.9. The molecule has 0 unspecified atom stereocenters. The molecule has 8 aromatic carbocycles. The molecule has 8 aromatic rings. The molecular weight excluding hydrogens is 1480 g/mol. The molecule has 6 heterocycles. The fourth-order valence-corrected chi connectivity index (χ4v) is 23.6. The van der Waals surface area contributed by atoms with Gasteiger partial charge in [-0.05, 0) is 205 Å². The monoisotopic (exact) mass is 1630 g/mol. The molecule has 0 bridgehead atoms. The lowest BCUT2D eigenvalue weighted by Gasteiger charge is -2.58. The van der Waals surface area contributed by atoms with Gasteiger partial charge in [0, 0.05) is 35.8 Å². The third-order valence-corrected chi connectivity index (χ3v) is 29.7. The van der Waals surface area contributed by atoms with Crippen molar-refractivity contribution in [2.24, 2.45) is 0 Å². The first-order chi connectivity index (χ1) is 58.0. The predicted octanol–water partition coefficient (Wildman–Crippen LogP) is 23.4. The van der Waals surface area contributed by atoms with Crippen molar-refractivity contribution in [3.8, 4) is 22.7 Å². The van der Waals surface area contributed by atoms with Crippen LogP contribution in [0.3, 0.4) is 0 Å². The van der Waals surface area contributed by atoms with Gasteiger partial charge in [-0.25, -0.2) is 19.0 Å². The van der Waals surface area contributed by atoms with E-state index in [9.17, 15) is 0 Å². The molecule has 0 amide bonds. The zero-order valence-corrected chi connectivity index (χ0v) is 80.3. The van der Waals surface area contributed by atoms with E-state index in [1.807, 2.05) is 0 Å². The first kappa shape index (κ1) is 89.0. The largest absolute Gasteiger partial charge is 0.529 e. The molecule has 120 heavy (non-hydrogen) atoms. The maximum atomic E-state index is 4.36. The van der Waals surface area contributed by atoms with Gasteiger partial charge in [-0.1, -0.05) is 296 Å². The molecular formula is C106H144B4N8Si2. The SMILES string of the molecule is CCc1cccc(CC)c1N1CCN(c2c(CC)cccc2CC)[B@-]2(C#C[Si](C)(C)C)CB(C3=[N+](c4c(CC)cccc4CC)CCN3c3c(CC)cccc3CC)C=C12.CCc1cccc(CC)c1N1CCN(c2c(CC)cccc2CC)[B@@-]2(C#C[Si](C)(C)C)CB(C3=[N+](c4c(CC)cccc4CC)CCN3c3c(CC)cccc3CC)C=C12. The summed E-state index contributed by atoms with van der Waals surface area (Å²) in [5.74, 6) is 14.2. The standard InChI is InChI=1S/2C53H72B2N4Si/c2*1-12-40-24-20-25-41(13-2)49(40)56-35-36-59(52-46(18-7)30-23-31-47(52)19-8)55(32-37-60(9,10)11)39-54(38-48(55)56)53-57(50-42(14-3)26-21-27-43(50)15-4)33-34-58(53)51-44(16-5)28-22-29-45(51)17-6/h2*20-31,38H,12-19,33-36,39H2,1-11H3/t2*55-/m10/s1. The summed E-state index contributed by atoms with van der Waals surface area (Å²) in [6.45, 7) is 60.1. The molecule has 0 radical (unpaired) electrons. The second-order valence-corrected chi connectivity index (χ2v) is 46.5. The van der Waals surface area contributed by atoms with Crippen LogP contribution in [0, 0.1) is 22.7 Å². The van der Waals surface area contributed by atoms with Gasteiger partial charge in [-0.15, -0.1) is 35.6 Å². The molecule has 0 spiro atoms. The van der Waals surface area contributed by atoms with Crippen molar-refractivity contribution in [2.75, 3.05) is 81.6 Å². The van der Waals surface area contributed by atoms with E-state index in [2.05, 4.69) is 369 Å². The number of hydrogen-bond acceptors (Lipinski definition) is 6. The predicted molar refractivity (Wildman–Crippen MR) is 536 cm³/mol. The molecule has 0 saturated carbocycles. The van der Waals surface area contributed by atoms with Crippen LogP contribution >= 0.6 is 0 Å². The van der Waals surface area contributed by atoms with Crippen LogP contribution in [-0.2, 0) is 103 Å². The highest BCUT2D eigenvalue weighted by atomic mass is 28.3. The molecule has 6 aliphatic rings. The van der Waals surface area contributed by atoms with Crippen molar-refractivity contribution < 1.29 is 9.15 Å². The van der Waals surface area contributed by atoms with Crippen LogP contribution in [0.5, 0.6) is 0 Å². The third kappa shape index (κ3) is 16.9. The Morgan fingerprint density at radius 1 is 0.275 bits per heavy atom. The molecule has 2 fully saturated rings. The Hall–Kier alpha value is -8.81. The van der Waals surface area contributed by atoms with Crippen molar-refractivity contribution >= 4 is 99.1 Å². The second kappa shape index (κ2) is 38.3. The van der Waals surface area contributed by atoms with Gasteiger partial charge in [0.25, 0.3) is 13.4 Å². The summed E-state index contributed by atoms with van der Waals surface area (Å²) in [5, 5.41) is 0. The van der Waals surface area contributed by atoms with Crippen molar-refractivity contribution in [3.63, 3.8) is 0 Å². The molecule has 628 valence electrons. The smallest absolute Gasteiger partial charge is 0.275 e. The Labute approximate surface area is 730 Å². The first-order valence-electron chi connectivity index (χ1n) is 47.7. The Balaban J connectivity index is 0.000000207. The number of anilines is 6. The molecule has 0 N–H and O–H groups in total. The average molecular weight is 1630 g/mol. The van der Waals surface area contributed by atoms with E-state index in [4.69, 9.17) is 0 Å². The van der Waals surface area contributed by atoms with Gasteiger partial charge in [0.2, 0.25) is 11.5 Å². The van der Waals surface area contributed by atoms with Gasteiger partial charge >= 0.3 is 0 Å². The summed E-state index contributed by atoms with van der Waals surface area (Å²) >= 11 is 0. The molecule has 8 nitrogen and oxygen atoms in total. The lowest BCUT2D eigenvalue weighted by atomic mass is 9.23. The lowest BCUT2D eigenvalue weighted by molar-refractivity contribution is -0.428. The summed E-state index contributed by atoms with van der Waals surface area (Å²) in [6.07, 6.45) is 15.1. The average Bonchev–Trinajstić information content (AvgIpc) is 1.54. The van der Waals surface area contributed by atoms with Crippen LogP contribution in [-0.4, -0.2) is 115 Å². The Kier molecular flexibility index (Phi) is 28.4. The molecule has 2 atom stereocenters. The minimum atomic E-state index is -1.80. The van der Waals surface area contributed by atoms with E-state index in [1.54, 1.807) is 0 Å². The zero-order valence-electron chi connectivity index (χ0n) is 78.3. The van der Waals surface area contributed by atoms with Gasteiger partial charge in [-0.2, -0.15) is 11.1 Å². The normalized spacial score (nSPS) is 17.9. The Morgan fingerprint density at radius 2 is 0.483 bits per heavy atom. The van der Waals surface area contributed by atoms with E-state index < -0.39 is 28.7 Å². The van der Waals surface area contributed by atoms with E-state index in [1.165, 1.54) is 157 Å². The van der Waals surface area contributed by atoms with Crippen LogP contribution in [0.25, 0.3) is 0 Å². The van der Waals surface area contributed by atoms with Gasteiger partial charge in [0.15, 0.2) is 12.6 Å². The highest BCUT2D eigenvalue weighted by Crippen LogP contribution is 2.51. The number of amidine groups is 2. The molecule has 0 aliphatic carbocycles. The number of rotatable bonds is 26. The molecule has 2 saturated heterocycles. The Bertz CT molecular complexity index is 4840. The molecule has 14 rings (SSSR count). The summed E-state index contributed by atoms with van der Waals surface area (Å²) in [4.78, 5) is 17.0. The highest BCUT2D eigenvalue weighted by Gasteiger charge is 2.56. The first-order valence-corrected chi connectivity index (χ1v) is 54.7. The highest BCUT2D eigenvalue weighted by molar-refractivity contribution is 7.16. The Morgan fingerprint density at radius 3 is 0.700 bits per heavy atom. The maximum Gasteiger partial charge on any atom is 0.275 e. The number of fused-ring (bicyclic) bond motifs is 2. The topological polar surface area (TPSA) is 25.5 Å². The van der Waals surface area contributed by atoms with Crippen LogP contribution in [0.15, 0.2) is 169 Å². The summed E-state index contributed by atoms with van der Waals surface area (Å²) < 4.78 is 5.59. The molecule has 6 aliphatic heterocycles. The van der Waals surface area contributed by atoms with Gasteiger partial charge < -0.3 is 19.4 Å². The number of para-hydroxylation sites is 8. The minimum Gasteiger partial charge on any atom is -0.529 e. The zero-order chi connectivity index (χ0) is 85.5. The quantitative estimate of drug-likeness (QED) is 0.0304. The second-order valence-electron chi connectivity index (χ2n) is 37.0. The molecule has 0 aromatic heterocycles. The van der Waals surface area contributed by atoms with Crippen LogP contribution in [0.2, 0.25) is 51.7 Å². The summed E-state index contributed by atoms with van der Waals surface area (Å²) in [6, 6.07) is 56.5. The van der Waals surface area contributed by atoms with Crippen molar-refractivity contribution in [1.82, 2.24) is 0 Å². The van der Waals surface area contributed by atoms with Crippen molar-refractivity contribution in [2.45, 2.75) is 265 Å². The van der Waals surface area contributed by atoms with E-state index in [0.717, 1.165) is 168 Å². The number of benzene rings is 8. The number of hydrogen-bond donors (Lipinski definition) is 0. The van der Waals surface area contributed by atoms with E-state index in [-0.39, 0.29) is 13.4 Å². The lowest BCUT2D eigenvalue weighted by Crippen LogP contribution is -2.65. The maximum absolute atomic E-state index is 4.36. The van der Waals surface area contributed by atoms with Crippen molar-refractivity contribution in [3.05, 3.63) is 258 Å². The molecule has 14 heteroatoms. The van der Waals surface area contributed by atoms with Crippen LogP contribution in [0.1, 0.15) is 200 Å². The van der Waals surface area contributed by atoms with Gasteiger partial charge in [0.05, 0.1) is 0 Å². The van der Waals surface area contributed by atoms with Gasteiger partial charge in [0.1, 0.15) is 65.1 Å². The summed E-state index contributed by atoms with van der Waals surface area (Å²) in [7, 11) is -3.60. The summed E-state index contributed by atoms with van der Waals surface area (Å²) in [5.41, 5.74) is 48.8. The number of aryl methyl sites for hydroxylation is 16. The van der Waals surface area contributed by atoms with Crippen LogP contribution in [0.4, 0.5) is 45.5 Å². The van der Waals surface area contributed by atoms with Gasteiger partial charge in [-0.3, -0.25) is 11.6 Å². The van der Waals surface area contributed by atoms with Crippen LogP contribution < -0.4 is 29.2 Å². The van der Waals surface area contributed by atoms with E-state index >= 15 is 0 Å². The number of nitrogens with zero attached hydrogens (tertiary/aromatic N) is 8. The fraction of sp³-hybridized carbons (Fsp3) is 0.453. The minimum absolute atomic E-state index is 0.170. The fourth-order valence-electron chi connectivity index (χ4n) is 22.2.